The van der Waals surface area contributed by atoms with E-state index in [0.29, 0.717) is 12.0 Å². The molecule has 0 aliphatic rings. The van der Waals surface area contributed by atoms with Gasteiger partial charge in [-0.05, 0) is 31.5 Å². The molecular weight excluding hydrogens is 493 g/mol. The van der Waals surface area contributed by atoms with E-state index in [1.54, 1.807) is 30.3 Å². The third kappa shape index (κ3) is 23.7. The van der Waals surface area contributed by atoms with Crippen LogP contribution in [0.1, 0.15) is 107 Å². The summed E-state index contributed by atoms with van der Waals surface area (Å²) in [6.45, 7) is 0.819. The number of carbonyl (C=O) groups is 3. The molecule has 0 bridgehead atoms. The van der Waals surface area contributed by atoms with Crippen molar-refractivity contribution in [3.05, 3.63) is 35.9 Å². The topological polar surface area (TPSA) is 138 Å². The van der Waals surface area contributed by atoms with E-state index in [4.69, 9.17) is 21.1 Å². The molecule has 0 amide bonds. The summed E-state index contributed by atoms with van der Waals surface area (Å²) in [7, 11) is 0. The number of benzene rings is 1. The molecule has 7 nitrogen and oxygen atoms in total. The Balaban J connectivity index is -0.000000780. The van der Waals surface area contributed by atoms with E-state index >= 15 is 0 Å². The molecule has 35 heavy (non-hydrogen) atoms. The quantitative estimate of drug-likeness (QED) is 0.112. The van der Waals surface area contributed by atoms with Crippen LogP contribution in [0, 0.1) is 5.92 Å². The second-order valence-corrected chi connectivity index (χ2v) is 8.43. The van der Waals surface area contributed by atoms with Gasteiger partial charge in [-0.1, -0.05) is 102 Å². The van der Waals surface area contributed by atoms with Gasteiger partial charge in [0.25, 0.3) is 0 Å². The van der Waals surface area contributed by atoms with Gasteiger partial charge in [-0.15, -0.1) is 24.8 Å². The van der Waals surface area contributed by atoms with Gasteiger partial charge in [0, 0.05) is 0 Å². The van der Waals surface area contributed by atoms with Crippen LogP contribution < -0.4 is 5.73 Å². The van der Waals surface area contributed by atoms with Gasteiger partial charge in [0.05, 0.1) is 5.56 Å². The summed E-state index contributed by atoms with van der Waals surface area (Å²) in [5.41, 5.74) is 5.80. The third-order valence-corrected chi connectivity index (χ3v) is 5.56. The number of halogens is 2. The lowest BCUT2D eigenvalue weighted by Gasteiger charge is -2.07. The maximum atomic E-state index is 10.7. The summed E-state index contributed by atoms with van der Waals surface area (Å²) in [6, 6.07) is 8.30. The Morgan fingerprint density at radius 2 is 0.943 bits per heavy atom. The molecule has 1 aromatic carbocycles. The fourth-order valence-electron chi connectivity index (χ4n) is 3.55. The zero-order valence-electron chi connectivity index (χ0n) is 20.7. The molecule has 204 valence electrons. The van der Waals surface area contributed by atoms with Gasteiger partial charge in [0.15, 0.2) is 5.92 Å². The highest BCUT2D eigenvalue weighted by molar-refractivity contribution is 5.92. The average molecular weight is 539 g/mol. The number of carboxylic acids is 3. The minimum Gasteiger partial charge on any atom is -0.481 e. The van der Waals surface area contributed by atoms with Crippen LogP contribution >= 0.6 is 24.8 Å². The highest BCUT2D eigenvalue weighted by Gasteiger charge is 2.24. The molecule has 0 heterocycles. The second kappa shape index (κ2) is 26.8. The van der Waals surface area contributed by atoms with Crippen LogP contribution in [0.5, 0.6) is 0 Å². The third-order valence-electron chi connectivity index (χ3n) is 5.56. The molecule has 0 saturated carbocycles. The Morgan fingerprint density at radius 1 is 0.600 bits per heavy atom. The lowest BCUT2D eigenvalue weighted by atomic mass is 10.00. The van der Waals surface area contributed by atoms with Gasteiger partial charge in [-0.2, -0.15) is 0 Å². The van der Waals surface area contributed by atoms with Crippen LogP contribution in [0.3, 0.4) is 0 Å². The average Bonchev–Trinajstić information content (AvgIpc) is 2.79. The maximum Gasteiger partial charge on any atom is 0.335 e. The van der Waals surface area contributed by atoms with E-state index in [2.05, 4.69) is 0 Å². The summed E-state index contributed by atoms with van der Waals surface area (Å²) in [4.78, 5) is 31.7. The van der Waals surface area contributed by atoms with Gasteiger partial charge in [0.1, 0.15) is 0 Å². The van der Waals surface area contributed by atoms with Gasteiger partial charge in [-0.25, -0.2) is 4.79 Å². The zero-order valence-corrected chi connectivity index (χ0v) is 22.4. The molecular formula is C26H45Cl2NO6. The van der Waals surface area contributed by atoms with Gasteiger partial charge < -0.3 is 21.1 Å². The van der Waals surface area contributed by atoms with Crippen LogP contribution in [0.2, 0.25) is 0 Å². The summed E-state index contributed by atoms with van der Waals surface area (Å²) < 4.78 is 0. The number of aromatic carboxylic acids is 1. The molecule has 9 heteroatoms. The molecule has 1 rings (SSSR count). The standard InChI is InChI=1S/C19H37NO4.C7H6O2.2ClH/c20-16-14-12-10-8-6-4-2-1-3-5-7-9-11-13-15-17(18(21)22)19(23)24;8-7(9)6-4-2-1-3-5-6;;/h17H,1-16,20H2,(H,21,22)(H,23,24);1-5H,(H,8,9);2*1H. The first-order valence-electron chi connectivity index (χ1n) is 12.3. The predicted molar refractivity (Wildman–Crippen MR) is 145 cm³/mol. The van der Waals surface area contributed by atoms with Crippen molar-refractivity contribution in [1.82, 2.24) is 0 Å². The fraction of sp³-hybridized carbons (Fsp3) is 0.654. The highest BCUT2D eigenvalue weighted by atomic mass is 35.5. The van der Waals surface area contributed by atoms with Gasteiger partial charge >= 0.3 is 17.9 Å². The first kappa shape index (κ1) is 37.7. The minimum absolute atomic E-state index is 0. The molecule has 0 atom stereocenters. The molecule has 0 aliphatic heterocycles. The van der Waals surface area contributed by atoms with Crippen LogP contribution in [0.4, 0.5) is 0 Å². The molecule has 5 N–H and O–H groups in total. The lowest BCUT2D eigenvalue weighted by molar-refractivity contribution is -0.154. The van der Waals surface area contributed by atoms with E-state index in [0.717, 1.165) is 25.8 Å². The van der Waals surface area contributed by atoms with E-state index in [-0.39, 0.29) is 31.2 Å². The van der Waals surface area contributed by atoms with E-state index in [1.807, 2.05) is 0 Å². The first-order chi connectivity index (χ1) is 15.9. The van der Waals surface area contributed by atoms with Crippen LogP contribution in [-0.2, 0) is 9.59 Å². The molecule has 0 fully saturated rings. The Bertz CT molecular complexity index is 632. The molecule has 0 aliphatic carbocycles. The summed E-state index contributed by atoms with van der Waals surface area (Å²) in [6.07, 6.45) is 17.0. The Kier molecular flexibility index (Phi) is 28.8. The number of rotatable bonds is 19. The van der Waals surface area contributed by atoms with Gasteiger partial charge in [0.2, 0.25) is 0 Å². The number of aliphatic carboxylic acids is 2. The van der Waals surface area contributed by atoms with Crippen molar-refractivity contribution in [2.24, 2.45) is 11.7 Å². The van der Waals surface area contributed by atoms with Crippen molar-refractivity contribution < 1.29 is 29.7 Å². The molecule has 0 saturated heterocycles. The number of hydrogen-bond acceptors (Lipinski definition) is 4. The van der Waals surface area contributed by atoms with Crippen LogP contribution in [0.25, 0.3) is 0 Å². The fourth-order valence-corrected chi connectivity index (χ4v) is 3.55. The summed E-state index contributed by atoms with van der Waals surface area (Å²) in [5.74, 6) is -4.56. The summed E-state index contributed by atoms with van der Waals surface area (Å²) in [5, 5.41) is 25.9. The van der Waals surface area contributed by atoms with Crippen molar-refractivity contribution >= 4 is 42.7 Å². The zero-order chi connectivity index (χ0) is 24.7. The Hall–Kier alpha value is -1.83. The number of nitrogens with two attached hydrogens (primary N) is 1. The van der Waals surface area contributed by atoms with Crippen molar-refractivity contribution in [3.8, 4) is 0 Å². The smallest absolute Gasteiger partial charge is 0.335 e. The lowest BCUT2D eigenvalue weighted by Crippen LogP contribution is -2.23. The highest BCUT2D eigenvalue weighted by Crippen LogP contribution is 2.15. The summed E-state index contributed by atoms with van der Waals surface area (Å²) >= 11 is 0. The normalized spacial score (nSPS) is 9.89. The largest absolute Gasteiger partial charge is 0.481 e. The van der Waals surface area contributed by atoms with E-state index in [1.165, 1.54) is 64.2 Å². The minimum atomic E-state index is -1.24. The van der Waals surface area contributed by atoms with Gasteiger partial charge in [-0.3, -0.25) is 9.59 Å². The second-order valence-electron chi connectivity index (χ2n) is 8.43. The molecule has 0 aromatic heterocycles. The molecule has 0 unspecified atom stereocenters. The predicted octanol–water partition coefficient (Wildman–Crippen LogP) is 6.81. The Morgan fingerprint density at radius 3 is 1.23 bits per heavy atom. The monoisotopic (exact) mass is 537 g/mol. The number of carboxylic acid groups (broad SMARTS) is 3. The molecule has 0 radical (unpaired) electrons. The maximum absolute atomic E-state index is 10.7. The van der Waals surface area contributed by atoms with Crippen molar-refractivity contribution in [2.45, 2.75) is 96.3 Å². The number of unbranched alkanes of at least 4 members (excludes halogenated alkanes) is 13. The SMILES string of the molecule is Cl.Cl.NCCCCCCCCCCCCCCCCC(C(=O)O)C(=O)O.O=C(O)c1ccccc1. The molecule has 0 spiro atoms. The van der Waals surface area contributed by atoms with Crippen molar-refractivity contribution in [3.63, 3.8) is 0 Å². The van der Waals surface area contributed by atoms with E-state index < -0.39 is 23.8 Å². The Labute approximate surface area is 222 Å². The van der Waals surface area contributed by atoms with Crippen LogP contribution in [-0.4, -0.2) is 39.8 Å². The van der Waals surface area contributed by atoms with Crippen LogP contribution in [0.15, 0.2) is 30.3 Å². The van der Waals surface area contributed by atoms with E-state index in [9.17, 15) is 14.4 Å². The van der Waals surface area contributed by atoms with Crippen molar-refractivity contribution in [2.75, 3.05) is 6.54 Å². The first-order valence-corrected chi connectivity index (χ1v) is 12.3. The number of hydrogen-bond donors (Lipinski definition) is 4. The molecule has 1 aromatic rings. The van der Waals surface area contributed by atoms with Crippen molar-refractivity contribution in [1.29, 1.82) is 0 Å².